The summed E-state index contributed by atoms with van der Waals surface area (Å²) in [5, 5.41) is 11.4. The molecule has 0 spiro atoms. The average molecular weight is 481 g/mol. The van der Waals surface area contributed by atoms with Crippen molar-refractivity contribution in [1.82, 2.24) is 9.80 Å². The van der Waals surface area contributed by atoms with Crippen molar-refractivity contribution in [2.24, 2.45) is 0 Å². The van der Waals surface area contributed by atoms with Crippen LogP contribution in [0.4, 0.5) is 0 Å². The van der Waals surface area contributed by atoms with Gasteiger partial charge in [0.2, 0.25) is 0 Å². The molecule has 1 unspecified atom stereocenters. The zero-order chi connectivity index (χ0) is 24.9. The Balaban J connectivity index is 1.82. The highest BCUT2D eigenvalue weighted by Crippen LogP contribution is 2.43. The number of nitrogens with zero attached hydrogens (tertiary/aromatic N) is 2. The van der Waals surface area contributed by atoms with Crippen LogP contribution in [0, 0.1) is 0 Å². The Hall–Kier alpha value is -3.52. The van der Waals surface area contributed by atoms with Crippen LogP contribution in [0.1, 0.15) is 37.9 Å². The number of hydrogen-bond donors (Lipinski definition) is 1. The molecule has 2 aliphatic rings. The van der Waals surface area contributed by atoms with E-state index < -0.39 is 17.7 Å². The standard InChI is InChI=1S/C27H32N2O6/c1-4-28(5-2)13-14-29-24(19-9-7-8-10-20(19)33-6-3)23(26(31)27(29)32)25(30)18-11-12-21-22(17-18)35-16-15-34-21/h7-12,17,24,30H,4-6,13-16H2,1-3H3/b25-23+. The molecule has 0 aliphatic carbocycles. The van der Waals surface area contributed by atoms with Gasteiger partial charge in [0.1, 0.15) is 24.7 Å². The number of rotatable bonds is 9. The van der Waals surface area contributed by atoms with Crippen LogP contribution in [0.2, 0.25) is 0 Å². The second kappa shape index (κ2) is 10.8. The molecule has 1 atom stereocenters. The van der Waals surface area contributed by atoms with Crippen molar-refractivity contribution in [2.45, 2.75) is 26.8 Å². The second-order valence-corrected chi connectivity index (χ2v) is 8.35. The van der Waals surface area contributed by atoms with E-state index in [1.807, 2.05) is 31.2 Å². The van der Waals surface area contributed by atoms with E-state index in [1.54, 1.807) is 23.1 Å². The minimum Gasteiger partial charge on any atom is -0.507 e. The quantitative estimate of drug-likeness (QED) is 0.333. The maximum Gasteiger partial charge on any atom is 0.295 e. The Bertz CT molecular complexity index is 1120. The maximum atomic E-state index is 13.3. The summed E-state index contributed by atoms with van der Waals surface area (Å²) in [5.41, 5.74) is 1.08. The fraction of sp³-hybridized carbons (Fsp3) is 0.407. The fourth-order valence-corrected chi connectivity index (χ4v) is 4.56. The van der Waals surface area contributed by atoms with Crippen LogP contribution < -0.4 is 14.2 Å². The first-order valence-electron chi connectivity index (χ1n) is 12.1. The zero-order valence-corrected chi connectivity index (χ0v) is 20.5. The lowest BCUT2D eigenvalue weighted by molar-refractivity contribution is -0.140. The van der Waals surface area contributed by atoms with E-state index in [-0.39, 0.29) is 11.3 Å². The van der Waals surface area contributed by atoms with E-state index in [1.165, 1.54) is 0 Å². The molecule has 0 saturated carbocycles. The number of benzene rings is 2. The van der Waals surface area contributed by atoms with Gasteiger partial charge in [0.05, 0.1) is 18.2 Å². The summed E-state index contributed by atoms with van der Waals surface area (Å²) in [7, 11) is 0. The highest BCUT2D eigenvalue weighted by molar-refractivity contribution is 6.46. The topological polar surface area (TPSA) is 88.5 Å². The summed E-state index contributed by atoms with van der Waals surface area (Å²) < 4.78 is 17.1. The van der Waals surface area contributed by atoms with E-state index in [0.29, 0.717) is 61.3 Å². The maximum absolute atomic E-state index is 13.3. The number of carbonyl (C=O) groups is 2. The molecule has 2 aromatic carbocycles. The summed E-state index contributed by atoms with van der Waals surface area (Å²) >= 11 is 0. The Morgan fingerprint density at radius 2 is 1.77 bits per heavy atom. The molecule has 0 radical (unpaired) electrons. The lowest BCUT2D eigenvalue weighted by Crippen LogP contribution is -2.38. The Kier molecular flexibility index (Phi) is 7.60. The van der Waals surface area contributed by atoms with Gasteiger partial charge < -0.3 is 29.1 Å². The highest BCUT2D eigenvalue weighted by atomic mass is 16.6. The van der Waals surface area contributed by atoms with Crippen LogP contribution in [-0.4, -0.2) is 72.6 Å². The lowest BCUT2D eigenvalue weighted by atomic mass is 9.94. The highest BCUT2D eigenvalue weighted by Gasteiger charge is 2.47. The van der Waals surface area contributed by atoms with Gasteiger partial charge in [-0.3, -0.25) is 9.59 Å². The summed E-state index contributed by atoms with van der Waals surface area (Å²) in [4.78, 5) is 30.3. The van der Waals surface area contributed by atoms with Gasteiger partial charge in [0, 0.05) is 24.2 Å². The van der Waals surface area contributed by atoms with Crippen LogP contribution >= 0.6 is 0 Å². The van der Waals surface area contributed by atoms with Gasteiger partial charge in [-0.1, -0.05) is 32.0 Å². The van der Waals surface area contributed by atoms with E-state index in [9.17, 15) is 14.7 Å². The number of para-hydroxylation sites is 1. The molecule has 1 N–H and O–H groups in total. The molecule has 1 amide bonds. The van der Waals surface area contributed by atoms with E-state index in [4.69, 9.17) is 14.2 Å². The smallest absolute Gasteiger partial charge is 0.295 e. The average Bonchev–Trinajstić information content (AvgIpc) is 3.14. The van der Waals surface area contributed by atoms with Crippen molar-refractivity contribution in [2.75, 3.05) is 46.0 Å². The second-order valence-electron chi connectivity index (χ2n) is 8.35. The van der Waals surface area contributed by atoms with Gasteiger partial charge in [0.25, 0.3) is 11.7 Å². The van der Waals surface area contributed by atoms with Gasteiger partial charge in [-0.25, -0.2) is 0 Å². The summed E-state index contributed by atoms with van der Waals surface area (Å²) in [6, 6.07) is 11.6. The molecule has 2 aromatic rings. The van der Waals surface area contributed by atoms with Crippen molar-refractivity contribution >= 4 is 17.4 Å². The number of likely N-dealkylation sites (N-methyl/N-ethyl adjacent to an activating group) is 1. The van der Waals surface area contributed by atoms with Crippen molar-refractivity contribution < 1.29 is 28.9 Å². The monoisotopic (exact) mass is 480 g/mol. The number of hydrogen-bond acceptors (Lipinski definition) is 7. The molecule has 1 fully saturated rings. The van der Waals surface area contributed by atoms with Crippen molar-refractivity contribution in [1.29, 1.82) is 0 Å². The number of Topliss-reactive ketones (excluding diaryl/α,β-unsaturated/α-hetero) is 1. The summed E-state index contributed by atoms with van der Waals surface area (Å²) in [6.07, 6.45) is 0. The molecule has 2 aliphatic heterocycles. The minimum atomic E-state index is -0.776. The lowest BCUT2D eigenvalue weighted by Gasteiger charge is -2.29. The van der Waals surface area contributed by atoms with E-state index in [0.717, 1.165) is 13.1 Å². The number of likely N-dealkylation sites (tertiary alicyclic amines) is 1. The van der Waals surface area contributed by atoms with Gasteiger partial charge >= 0.3 is 0 Å². The van der Waals surface area contributed by atoms with Gasteiger partial charge in [0.15, 0.2) is 11.5 Å². The largest absolute Gasteiger partial charge is 0.507 e. The molecule has 0 bridgehead atoms. The number of aliphatic hydroxyl groups is 1. The van der Waals surface area contributed by atoms with Crippen LogP contribution in [0.25, 0.3) is 5.76 Å². The molecule has 8 heteroatoms. The first kappa shape index (κ1) is 24.6. The third kappa shape index (κ3) is 4.84. The molecule has 186 valence electrons. The van der Waals surface area contributed by atoms with E-state index >= 15 is 0 Å². The first-order valence-corrected chi connectivity index (χ1v) is 12.1. The normalized spacial score (nSPS) is 18.9. The summed E-state index contributed by atoms with van der Waals surface area (Å²) in [5.74, 6) is 0.0404. The fourth-order valence-electron chi connectivity index (χ4n) is 4.56. The number of carbonyl (C=O) groups excluding carboxylic acids is 2. The molecule has 2 heterocycles. The number of aliphatic hydroxyl groups excluding tert-OH is 1. The predicted molar refractivity (Wildman–Crippen MR) is 132 cm³/mol. The van der Waals surface area contributed by atoms with Crippen LogP contribution in [-0.2, 0) is 9.59 Å². The Labute approximate surface area is 205 Å². The van der Waals surface area contributed by atoms with Crippen LogP contribution in [0.15, 0.2) is 48.0 Å². The minimum absolute atomic E-state index is 0.0402. The zero-order valence-electron chi connectivity index (χ0n) is 20.5. The van der Waals surface area contributed by atoms with Crippen molar-refractivity contribution in [3.05, 3.63) is 59.2 Å². The van der Waals surface area contributed by atoms with E-state index in [2.05, 4.69) is 18.7 Å². The molecule has 1 saturated heterocycles. The van der Waals surface area contributed by atoms with Gasteiger partial charge in [-0.15, -0.1) is 0 Å². The number of ether oxygens (including phenoxy) is 3. The molecule has 35 heavy (non-hydrogen) atoms. The number of ketones is 1. The number of amides is 1. The molecule has 4 rings (SSSR count). The van der Waals surface area contributed by atoms with Crippen molar-refractivity contribution in [3.63, 3.8) is 0 Å². The SMILES string of the molecule is CCOc1ccccc1C1/C(=C(\O)c2ccc3c(c2)OCCO3)C(=O)C(=O)N1CCN(CC)CC. The first-order chi connectivity index (χ1) is 17.0. The third-order valence-corrected chi connectivity index (χ3v) is 6.42. The summed E-state index contributed by atoms with van der Waals surface area (Å²) in [6.45, 7) is 9.88. The molecular weight excluding hydrogens is 448 g/mol. The Morgan fingerprint density at radius 3 is 2.49 bits per heavy atom. The van der Waals surface area contributed by atoms with Gasteiger partial charge in [-0.2, -0.15) is 0 Å². The molecular formula is C27H32N2O6. The third-order valence-electron chi connectivity index (χ3n) is 6.42. The van der Waals surface area contributed by atoms with Crippen LogP contribution in [0.3, 0.4) is 0 Å². The molecule has 8 nitrogen and oxygen atoms in total. The van der Waals surface area contributed by atoms with Crippen LogP contribution in [0.5, 0.6) is 17.2 Å². The predicted octanol–water partition coefficient (Wildman–Crippen LogP) is 3.62. The van der Waals surface area contributed by atoms with Gasteiger partial charge in [-0.05, 0) is 44.3 Å². The van der Waals surface area contributed by atoms with Crippen molar-refractivity contribution in [3.8, 4) is 17.2 Å². The molecule has 0 aromatic heterocycles. The number of fused-ring (bicyclic) bond motifs is 1. The Morgan fingerprint density at radius 1 is 1.06 bits per heavy atom.